The molecule has 1 amide bonds. The second kappa shape index (κ2) is 7.46. The van der Waals surface area contributed by atoms with Crippen molar-refractivity contribution >= 4 is 28.5 Å². The lowest BCUT2D eigenvalue weighted by molar-refractivity contribution is -0.899. The minimum atomic E-state index is -0.581. The van der Waals surface area contributed by atoms with E-state index in [1.807, 2.05) is 12.1 Å². The third-order valence-electron chi connectivity index (χ3n) is 3.93. The first-order valence-electron chi connectivity index (χ1n) is 8.09. The number of para-hydroxylation sites is 1. The van der Waals surface area contributed by atoms with Crippen LogP contribution in [0.1, 0.15) is 17.5 Å². The maximum absolute atomic E-state index is 12.4. The van der Waals surface area contributed by atoms with Gasteiger partial charge in [-0.25, -0.2) is 4.79 Å². The summed E-state index contributed by atoms with van der Waals surface area (Å²) in [5.74, 6) is -0.713. The van der Waals surface area contributed by atoms with Gasteiger partial charge in [-0.15, -0.1) is 0 Å². The number of anilines is 1. The second-order valence-electron chi connectivity index (χ2n) is 5.61. The van der Waals surface area contributed by atoms with Crippen LogP contribution in [-0.4, -0.2) is 51.3 Å². The Morgan fingerprint density at radius 3 is 2.75 bits per heavy atom. The SMILES string of the molecule is CCOC(=O)c1oc2ccccc2c1NC(=O)C[NH+]1CCOCC1. The van der Waals surface area contributed by atoms with E-state index in [4.69, 9.17) is 13.9 Å². The summed E-state index contributed by atoms with van der Waals surface area (Å²) in [6, 6.07) is 7.19. The molecule has 7 heteroatoms. The molecule has 24 heavy (non-hydrogen) atoms. The van der Waals surface area contributed by atoms with Gasteiger partial charge in [-0.05, 0) is 19.1 Å². The summed E-state index contributed by atoms with van der Waals surface area (Å²) in [4.78, 5) is 25.7. The fraction of sp³-hybridized carbons (Fsp3) is 0.412. The van der Waals surface area contributed by atoms with Gasteiger partial charge in [-0.2, -0.15) is 0 Å². The first-order chi connectivity index (χ1) is 11.7. The number of furan rings is 1. The van der Waals surface area contributed by atoms with Gasteiger partial charge in [-0.1, -0.05) is 12.1 Å². The normalized spacial score (nSPS) is 15.4. The highest BCUT2D eigenvalue weighted by Gasteiger charge is 2.25. The van der Waals surface area contributed by atoms with Gasteiger partial charge in [0.2, 0.25) is 5.76 Å². The average Bonchev–Trinajstić information content (AvgIpc) is 2.95. The third kappa shape index (κ3) is 3.58. The van der Waals surface area contributed by atoms with E-state index in [1.54, 1.807) is 19.1 Å². The number of carbonyl (C=O) groups excluding carboxylic acids is 2. The predicted octanol–water partition coefficient (Wildman–Crippen LogP) is 0.463. The monoisotopic (exact) mass is 333 g/mol. The first-order valence-corrected chi connectivity index (χ1v) is 8.09. The molecule has 0 saturated carbocycles. The average molecular weight is 333 g/mol. The topological polar surface area (TPSA) is 82.2 Å². The largest absolute Gasteiger partial charge is 0.460 e. The summed E-state index contributed by atoms with van der Waals surface area (Å²) in [5, 5.41) is 3.51. The molecule has 0 unspecified atom stereocenters. The van der Waals surface area contributed by atoms with Crippen molar-refractivity contribution in [1.82, 2.24) is 0 Å². The molecule has 0 bridgehead atoms. The van der Waals surface area contributed by atoms with Crippen molar-refractivity contribution in [2.24, 2.45) is 0 Å². The van der Waals surface area contributed by atoms with E-state index in [9.17, 15) is 9.59 Å². The van der Waals surface area contributed by atoms with Crippen LogP contribution in [0.25, 0.3) is 11.0 Å². The van der Waals surface area contributed by atoms with E-state index >= 15 is 0 Å². The van der Waals surface area contributed by atoms with Crippen LogP contribution in [-0.2, 0) is 14.3 Å². The lowest BCUT2D eigenvalue weighted by atomic mass is 10.2. The molecule has 1 aromatic heterocycles. The zero-order valence-corrected chi connectivity index (χ0v) is 13.6. The maximum Gasteiger partial charge on any atom is 0.376 e. The predicted molar refractivity (Wildman–Crippen MR) is 87.2 cm³/mol. The van der Waals surface area contributed by atoms with Crippen LogP contribution in [0.3, 0.4) is 0 Å². The molecule has 2 N–H and O–H groups in total. The minimum Gasteiger partial charge on any atom is -0.460 e. The van der Waals surface area contributed by atoms with Crippen LogP contribution in [0.5, 0.6) is 0 Å². The Labute approximate surface area is 139 Å². The number of carbonyl (C=O) groups is 2. The second-order valence-corrected chi connectivity index (χ2v) is 5.61. The molecular formula is C17H21N2O5+. The lowest BCUT2D eigenvalue weighted by Gasteiger charge is -2.23. The fourth-order valence-electron chi connectivity index (χ4n) is 2.76. The summed E-state index contributed by atoms with van der Waals surface area (Å²) in [7, 11) is 0. The molecule has 2 heterocycles. The van der Waals surface area contributed by atoms with Gasteiger partial charge in [0.15, 0.2) is 6.54 Å². The van der Waals surface area contributed by atoms with Crippen LogP contribution in [0.15, 0.2) is 28.7 Å². The van der Waals surface area contributed by atoms with Crippen LogP contribution in [0.2, 0.25) is 0 Å². The van der Waals surface area contributed by atoms with Gasteiger partial charge >= 0.3 is 5.97 Å². The Morgan fingerprint density at radius 2 is 2.00 bits per heavy atom. The number of rotatable bonds is 5. The number of esters is 1. The minimum absolute atomic E-state index is 0.0309. The number of fused-ring (bicyclic) bond motifs is 1. The van der Waals surface area contributed by atoms with Crippen molar-refractivity contribution in [2.75, 3.05) is 44.8 Å². The smallest absolute Gasteiger partial charge is 0.376 e. The molecule has 0 aliphatic carbocycles. The molecule has 1 aliphatic heterocycles. The molecule has 1 aliphatic rings. The first kappa shape index (κ1) is 16.5. The van der Waals surface area contributed by atoms with Crippen LogP contribution in [0, 0.1) is 0 Å². The summed E-state index contributed by atoms with van der Waals surface area (Å²) in [6.45, 7) is 5.19. The molecule has 0 atom stereocenters. The van der Waals surface area contributed by atoms with Gasteiger partial charge < -0.3 is 24.1 Å². The van der Waals surface area contributed by atoms with Crippen molar-refractivity contribution in [3.05, 3.63) is 30.0 Å². The standard InChI is InChI=1S/C17H20N2O5/c1-2-23-17(21)16-15(12-5-3-4-6-13(12)24-16)18-14(20)11-19-7-9-22-10-8-19/h3-6H,2,7-11H2,1H3,(H,18,20)/p+1. The Balaban J connectivity index is 1.82. The molecule has 0 spiro atoms. The van der Waals surface area contributed by atoms with Gasteiger partial charge in [0.25, 0.3) is 5.91 Å². The van der Waals surface area contributed by atoms with E-state index in [2.05, 4.69) is 5.32 Å². The molecule has 3 rings (SSSR count). The zero-order valence-electron chi connectivity index (χ0n) is 13.6. The number of amides is 1. The van der Waals surface area contributed by atoms with Crippen LogP contribution in [0.4, 0.5) is 5.69 Å². The number of morpholine rings is 1. The van der Waals surface area contributed by atoms with E-state index < -0.39 is 5.97 Å². The summed E-state index contributed by atoms with van der Waals surface area (Å²) < 4.78 is 15.9. The Hall–Kier alpha value is -2.38. The number of benzene rings is 1. The molecule has 128 valence electrons. The zero-order chi connectivity index (χ0) is 16.9. The Morgan fingerprint density at radius 1 is 1.25 bits per heavy atom. The highest BCUT2D eigenvalue weighted by atomic mass is 16.5. The number of ether oxygens (including phenoxy) is 2. The van der Waals surface area contributed by atoms with Gasteiger partial charge in [-0.3, -0.25) is 4.79 Å². The Bertz CT molecular complexity index is 734. The number of quaternary nitrogens is 1. The van der Waals surface area contributed by atoms with Crippen LogP contribution < -0.4 is 10.2 Å². The molecule has 1 fully saturated rings. The highest BCUT2D eigenvalue weighted by molar-refractivity contribution is 6.09. The van der Waals surface area contributed by atoms with Crippen molar-refractivity contribution < 1.29 is 28.4 Å². The Kier molecular flexibility index (Phi) is 5.12. The van der Waals surface area contributed by atoms with Crippen molar-refractivity contribution in [3.8, 4) is 0 Å². The maximum atomic E-state index is 12.4. The van der Waals surface area contributed by atoms with Crippen molar-refractivity contribution in [2.45, 2.75) is 6.92 Å². The molecule has 1 aromatic carbocycles. The quantitative estimate of drug-likeness (QED) is 0.777. The highest BCUT2D eigenvalue weighted by Crippen LogP contribution is 2.31. The van der Waals surface area contributed by atoms with Gasteiger partial charge in [0.05, 0.1) is 19.8 Å². The molecule has 2 aromatic rings. The molecule has 7 nitrogen and oxygen atoms in total. The van der Waals surface area contributed by atoms with E-state index in [0.29, 0.717) is 36.4 Å². The summed E-state index contributed by atoms with van der Waals surface area (Å²) in [6.07, 6.45) is 0. The molecule has 0 radical (unpaired) electrons. The third-order valence-corrected chi connectivity index (χ3v) is 3.93. The fourth-order valence-corrected chi connectivity index (χ4v) is 2.76. The lowest BCUT2D eigenvalue weighted by Crippen LogP contribution is -3.15. The van der Waals surface area contributed by atoms with E-state index in [-0.39, 0.29) is 18.3 Å². The molecular weight excluding hydrogens is 312 g/mol. The molecule has 1 saturated heterocycles. The van der Waals surface area contributed by atoms with Gasteiger partial charge in [0.1, 0.15) is 24.4 Å². The summed E-state index contributed by atoms with van der Waals surface area (Å²) >= 11 is 0. The van der Waals surface area contributed by atoms with Crippen LogP contribution >= 0.6 is 0 Å². The van der Waals surface area contributed by atoms with E-state index in [1.165, 1.54) is 0 Å². The van der Waals surface area contributed by atoms with Gasteiger partial charge in [0, 0.05) is 5.39 Å². The number of nitrogens with one attached hydrogen (secondary N) is 2. The van der Waals surface area contributed by atoms with Crippen molar-refractivity contribution in [1.29, 1.82) is 0 Å². The number of hydrogen-bond donors (Lipinski definition) is 2. The van der Waals surface area contributed by atoms with E-state index in [0.717, 1.165) is 18.0 Å². The number of hydrogen-bond acceptors (Lipinski definition) is 5. The van der Waals surface area contributed by atoms with Crippen molar-refractivity contribution in [3.63, 3.8) is 0 Å². The summed E-state index contributed by atoms with van der Waals surface area (Å²) in [5.41, 5.74) is 0.913.